The molecule has 100 valence electrons. The number of ether oxygens (including phenoxy) is 2. The normalized spacial score (nSPS) is 12.4. The fraction of sp³-hybridized carbons (Fsp3) is 0.125. The lowest BCUT2D eigenvalue weighted by Crippen LogP contribution is -1.98. The molecule has 0 amide bonds. The van der Waals surface area contributed by atoms with Gasteiger partial charge in [0, 0.05) is 23.7 Å². The maximum Gasteiger partial charge on any atom is 0.227 e. The first-order valence-electron chi connectivity index (χ1n) is 6.37. The molecule has 1 aromatic carbocycles. The van der Waals surface area contributed by atoms with Crippen LogP contribution in [-0.2, 0) is 6.42 Å². The van der Waals surface area contributed by atoms with Gasteiger partial charge in [0.15, 0.2) is 0 Å². The van der Waals surface area contributed by atoms with Gasteiger partial charge in [0.25, 0.3) is 0 Å². The van der Waals surface area contributed by atoms with Crippen molar-refractivity contribution in [2.45, 2.75) is 6.42 Å². The second kappa shape index (κ2) is 5.17. The first kappa shape index (κ1) is 12.4. The highest BCUT2D eigenvalue weighted by Gasteiger charge is 2.19. The molecule has 0 aliphatic carbocycles. The minimum Gasteiger partial charge on any atom is -0.492 e. The van der Waals surface area contributed by atoms with Crippen molar-refractivity contribution < 1.29 is 9.47 Å². The van der Waals surface area contributed by atoms with E-state index in [4.69, 9.17) is 14.9 Å². The highest BCUT2D eigenvalue weighted by Crippen LogP contribution is 2.40. The van der Waals surface area contributed by atoms with Gasteiger partial charge in [-0.2, -0.15) is 0 Å². The molecule has 3 rings (SSSR count). The summed E-state index contributed by atoms with van der Waals surface area (Å²) >= 11 is 0. The number of rotatable bonds is 4. The van der Waals surface area contributed by atoms with Gasteiger partial charge in [0.2, 0.25) is 5.88 Å². The van der Waals surface area contributed by atoms with Crippen molar-refractivity contribution >= 4 is 6.21 Å². The highest BCUT2D eigenvalue weighted by atomic mass is 16.5. The molecule has 0 unspecified atom stereocenters. The lowest BCUT2D eigenvalue weighted by molar-refractivity contribution is 0.357. The number of aromatic nitrogens is 1. The molecule has 0 spiro atoms. The van der Waals surface area contributed by atoms with Crippen molar-refractivity contribution in [1.82, 2.24) is 4.98 Å². The Labute approximate surface area is 117 Å². The Bertz CT molecular complexity index is 680. The Balaban J connectivity index is 2.09. The number of nitrogens with zero attached hydrogens (tertiary/aromatic N) is 1. The molecule has 20 heavy (non-hydrogen) atoms. The van der Waals surface area contributed by atoms with E-state index < -0.39 is 0 Å². The molecule has 2 aromatic rings. The summed E-state index contributed by atoms with van der Waals surface area (Å²) in [5, 5.41) is 7.15. The summed E-state index contributed by atoms with van der Waals surface area (Å²) < 4.78 is 11.2. The van der Waals surface area contributed by atoms with Crippen LogP contribution >= 0.6 is 0 Å². The van der Waals surface area contributed by atoms with Gasteiger partial charge >= 0.3 is 0 Å². The predicted octanol–water partition coefficient (Wildman–Crippen LogP) is 3.23. The van der Waals surface area contributed by atoms with Crippen molar-refractivity contribution in [3.63, 3.8) is 0 Å². The Hall–Kier alpha value is -2.62. The summed E-state index contributed by atoms with van der Waals surface area (Å²) in [6, 6.07) is 9.84. The number of hydrogen-bond acceptors (Lipinski definition) is 4. The lowest BCUT2D eigenvalue weighted by Gasteiger charge is -2.12. The molecule has 0 fully saturated rings. The van der Waals surface area contributed by atoms with E-state index in [-0.39, 0.29) is 5.76 Å². The van der Waals surface area contributed by atoms with Gasteiger partial charge in [0.05, 0.1) is 12.8 Å². The van der Waals surface area contributed by atoms with E-state index in [2.05, 4.69) is 17.6 Å². The largest absolute Gasteiger partial charge is 0.492 e. The third kappa shape index (κ3) is 2.16. The monoisotopic (exact) mass is 266 g/mol. The summed E-state index contributed by atoms with van der Waals surface area (Å²) in [6.07, 6.45) is 3.64. The van der Waals surface area contributed by atoms with E-state index in [9.17, 15) is 0 Å². The second-order valence-electron chi connectivity index (χ2n) is 4.46. The number of para-hydroxylation sites is 1. The fourth-order valence-corrected chi connectivity index (χ4v) is 2.26. The second-order valence-corrected chi connectivity index (χ2v) is 4.46. The Morgan fingerprint density at radius 2 is 2.15 bits per heavy atom. The molecule has 1 aromatic heterocycles. The molecule has 1 aliphatic rings. The first-order chi connectivity index (χ1) is 9.79. The molecule has 4 nitrogen and oxygen atoms in total. The average molecular weight is 266 g/mol. The topological polar surface area (TPSA) is 55.2 Å². The minimum absolute atomic E-state index is 0.249. The van der Waals surface area contributed by atoms with Gasteiger partial charge in [-0.05, 0) is 17.7 Å². The van der Waals surface area contributed by atoms with Gasteiger partial charge in [-0.15, -0.1) is 0 Å². The Kier molecular flexibility index (Phi) is 3.21. The van der Waals surface area contributed by atoms with E-state index >= 15 is 0 Å². The zero-order valence-corrected chi connectivity index (χ0v) is 10.9. The lowest BCUT2D eigenvalue weighted by atomic mass is 10.0. The van der Waals surface area contributed by atoms with E-state index in [1.54, 1.807) is 6.20 Å². The number of benzene rings is 1. The summed E-state index contributed by atoms with van der Waals surface area (Å²) in [4.78, 5) is 4.23. The van der Waals surface area contributed by atoms with Crippen molar-refractivity contribution in [1.29, 1.82) is 5.41 Å². The zero-order chi connectivity index (χ0) is 13.9. The predicted molar refractivity (Wildman–Crippen MR) is 77.4 cm³/mol. The Morgan fingerprint density at radius 3 is 3.00 bits per heavy atom. The molecular weight excluding hydrogens is 252 g/mol. The van der Waals surface area contributed by atoms with Gasteiger partial charge in [-0.25, -0.2) is 4.98 Å². The number of allylic oxidation sites excluding steroid dienone is 1. The van der Waals surface area contributed by atoms with Gasteiger partial charge < -0.3 is 14.9 Å². The van der Waals surface area contributed by atoms with E-state index in [1.807, 2.05) is 24.3 Å². The maximum absolute atomic E-state index is 7.15. The molecule has 1 aliphatic heterocycles. The standard InChI is InChI=1S/C16H14N2O2/c1-11(10-17)20-16-14(6-3-8-18-16)13-5-2-4-12-7-9-19-15(12)13/h2-6,8,10,17H,1,7,9H2. The van der Waals surface area contributed by atoms with Crippen molar-refractivity contribution in [2.75, 3.05) is 6.61 Å². The van der Waals surface area contributed by atoms with Crippen LogP contribution in [0.5, 0.6) is 11.6 Å². The van der Waals surface area contributed by atoms with Gasteiger partial charge in [-0.1, -0.05) is 24.8 Å². The SMILES string of the molecule is C=C(C=N)Oc1ncccc1-c1cccc2c1OCC2. The third-order valence-corrected chi connectivity index (χ3v) is 3.16. The van der Waals surface area contributed by atoms with Crippen LogP contribution in [0.15, 0.2) is 48.9 Å². The quantitative estimate of drug-likeness (QED) is 0.682. The molecule has 2 heterocycles. The molecule has 0 bridgehead atoms. The van der Waals surface area contributed by atoms with Crippen molar-refractivity contribution in [3.05, 3.63) is 54.4 Å². The average Bonchev–Trinajstić information content (AvgIpc) is 2.96. The van der Waals surface area contributed by atoms with Crippen molar-refractivity contribution in [3.8, 4) is 22.8 Å². The van der Waals surface area contributed by atoms with E-state index in [0.29, 0.717) is 12.5 Å². The summed E-state index contributed by atoms with van der Waals surface area (Å²) in [5.74, 6) is 1.58. The van der Waals surface area contributed by atoms with Crippen LogP contribution in [0, 0.1) is 5.41 Å². The highest BCUT2D eigenvalue weighted by molar-refractivity contribution is 5.78. The van der Waals surface area contributed by atoms with Crippen LogP contribution in [-0.4, -0.2) is 17.8 Å². The van der Waals surface area contributed by atoms with Crippen LogP contribution in [0.3, 0.4) is 0 Å². The zero-order valence-electron chi connectivity index (χ0n) is 10.9. The van der Waals surface area contributed by atoms with Gasteiger partial charge in [-0.3, -0.25) is 0 Å². The molecule has 4 heteroatoms. The van der Waals surface area contributed by atoms with E-state index in [1.165, 1.54) is 5.56 Å². The molecule has 0 saturated heterocycles. The van der Waals surface area contributed by atoms with Crippen molar-refractivity contribution in [2.24, 2.45) is 0 Å². The molecule has 0 atom stereocenters. The first-order valence-corrected chi connectivity index (χ1v) is 6.37. The molecular formula is C16H14N2O2. The van der Waals surface area contributed by atoms with Crippen LogP contribution in [0.2, 0.25) is 0 Å². The minimum atomic E-state index is 0.249. The number of pyridine rings is 1. The fourth-order valence-electron chi connectivity index (χ4n) is 2.26. The van der Waals surface area contributed by atoms with Gasteiger partial charge in [0.1, 0.15) is 11.5 Å². The molecule has 0 radical (unpaired) electrons. The van der Waals surface area contributed by atoms with E-state index in [0.717, 1.165) is 29.5 Å². The Morgan fingerprint density at radius 1 is 1.30 bits per heavy atom. The summed E-state index contributed by atoms with van der Waals surface area (Å²) in [7, 11) is 0. The van der Waals surface area contributed by atoms with Crippen LogP contribution in [0.4, 0.5) is 0 Å². The number of hydrogen-bond donors (Lipinski definition) is 1. The molecule has 1 N–H and O–H groups in total. The summed E-state index contributed by atoms with van der Waals surface area (Å²) in [5.41, 5.74) is 3.00. The van der Waals surface area contributed by atoms with Crippen LogP contribution in [0.25, 0.3) is 11.1 Å². The summed E-state index contributed by atoms with van der Waals surface area (Å²) in [6.45, 7) is 4.34. The maximum atomic E-state index is 7.15. The number of nitrogens with one attached hydrogen (secondary N) is 1. The number of fused-ring (bicyclic) bond motifs is 1. The third-order valence-electron chi connectivity index (χ3n) is 3.16. The van der Waals surface area contributed by atoms with Crippen LogP contribution < -0.4 is 9.47 Å². The molecule has 0 saturated carbocycles. The smallest absolute Gasteiger partial charge is 0.227 e. The van der Waals surface area contributed by atoms with Crippen LogP contribution in [0.1, 0.15) is 5.56 Å².